The molecule has 1 heterocycles. The van der Waals surface area contributed by atoms with Crippen LogP contribution in [0.15, 0.2) is 24.3 Å². The maximum absolute atomic E-state index is 12.3. The summed E-state index contributed by atoms with van der Waals surface area (Å²) >= 11 is 1.95. The van der Waals surface area contributed by atoms with Gasteiger partial charge in [0.1, 0.15) is 0 Å². The van der Waals surface area contributed by atoms with Crippen LogP contribution in [0.1, 0.15) is 25.8 Å². The predicted molar refractivity (Wildman–Crippen MR) is 82.3 cm³/mol. The fraction of sp³-hybridized carbons (Fsp3) is 0.533. The average molecular weight is 278 g/mol. The van der Waals surface area contributed by atoms with E-state index in [4.69, 9.17) is 5.73 Å². The van der Waals surface area contributed by atoms with E-state index in [1.54, 1.807) is 0 Å². The Hall–Kier alpha value is -1.16. The fourth-order valence-electron chi connectivity index (χ4n) is 2.43. The molecular weight excluding hydrogens is 256 g/mol. The minimum atomic E-state index is 0.266. The minimum Gasteiger partial charge on any atom is -0.399 e. The lowest BCUT2D eigenvalue weighted by atomic mass is 10.1. The Morgan fingerprint density at radius 2 is 2.26 bits per heavy atom. The number of carbonyl (C=O) groups excluding carboxylic acids is 1. The second kappa shape index (κ2) is 6.33. The van der Waals surface area contributed by atoms with Gasteiger partial charge in [0.2, 0.25) is 5.91 Å². The van der Waals surface area contributed by atoms with Gasteiger partial charge in [0, 0.05) is 35.7 Å². The van der Waals surface area contributed by atoms with Crippen molar-refractivity contribution in [3.05, 3.63) is 29.8 Å². The summed E-state index contributed by atoms with van der Waals surface area (Å²) in [4.78, 5) is 14.3. The van der Waals surface area contributed by atoms with Gasteiger partial charge in [-0.15, -0.1) is 0 Å². The summed E-state index contributed by atoms with van der Waals surface area (Å²) in [5.41, 5.74) is 7.65. The van der Waals surface area contributed by atoms with E-state index in [0.29, 0.717) is 17.7 Å². The molecule has 1 amide bonds. The van der Waals surface area contributed by atoms with E-state index >= 15 is 0 Å². The number of rotatable bonds is 3. The SMILES string of the molecule is CC1SCCN(C(=O)CCc2cccc(N)c2)C1C. The molecule has 2 unspecified atom stereocenters. The summed E-state index contributed by atoms with van der Waals surface area (Å²) in [6, 6.07) is 8.13. The van der Waals surface area contributed by atoms with Gasteiger partial charge in [0.15, 0.2) is 0 Å². The van der Waals surface area contributed by atoms with Gasteiger partial charge in [-0.05, 0) is 31.0 Å². The Kier molecular flexibility index (Phi) is 4.75. The molecule has 1 aromatic rings. The highest BCUT2D eigenvalue weighted by molar-refractivity contribution is 8.00. The van der Waals surface area contributed by atoms with Crippen molar-refractivity contribution in [3.8, 4) is 0 Å². The molecule has 19 heavy (non-hydrogen) atoms. The van der Waals surface area contributed by atoms with Crippen LogP contribution in [-0.4, -0.2) is 34.4 Å². The first-order valence-electron chi connectivity index (χ1n) is 6.83. The number of aryl methyl sites for hydroxylation is 1. The molecule has 1 saturated heterocycles. The van der Waals surface area contributed by atoms with Crippen LogP contribution in [-0.2, 0) is 11.2 Å². The fourth-order valence-corrected chi connectivity index (χ4v) is 3.53. The summed E-state index contributed by atoms with van der Waals surface area (Å²) in [6.45, 7) is 5.23. The molecule has 0 aliphatic carbocycles. The molecule has 0 saturated carbocycles. The molecule has 1 aliphatic heterocycles. The number of carbonyl (C=O) groups is 1. The van der Waals surface area contributed by atoms with Gasteiger partial charge in [0.05, 0.1) is 0 Å². The van der Waals surface area contributed by atoms with Crippen LogP contribution < -0.4 is 5.73 Å². The summed E-state index contributed by atoms with van der Waals surface area (Å²) in [5.74, 6) is 1.32. The second-order valence-corrected chi connectivity index (χ2v) is 6.63. The van der Waals surface area contributed by atoms with Crippen molar-refractivity contribution in [1.29, 1.82) is 0 Å². The van der Waals surface area contributed by atoms with Crippen molar-refractivity contribution in [2.75, 3.05) is 18.0 Å². The number of nitrogens with two attached hydrogens (primary N) is 1. The number of thioether (sulfide) groups is 1. The number of hydrogen-bond acceptors (Lipinski definition) is 3. The molecule has 2 atom stereocenters. The van der Waals surface area contributed by atoms with E-state index in [2.05, 4.69) is 13.8 Å². The lowest BCUT2D eigenvalue weighted by Gasteiger charge is -2.37. The van der Waals surface area contributed by atoms with Crippen LogP contribution in [0.3, 0.4) is 0 Å². The van der Waals surface area contributed by atoms with Crippen molar-refractivity contribution in [2.24, 2.45) is 0 Å². The molecule has 1 aliphatic rings. The number of amides is 1. The smallest absolute Gasteiger partial charge is 0.223 e. The third kappa shape index (κ3) is 3.66. The first kappa shape index (κ1) is 14.3. The maximum atomic E-state index is 12.3. The normalized spacial score (nSPS) is 23.4. The predicted octanol–water partition coefficient (Wildman–Crippen LogP) is 2.55. The van der Waals surface area contributed by atoms with E-state index in [1.807, 2.05) is 40.9 Å². The molecule has 1 fully saturated rings. The first-order valence-corrected chi connectivity index (χ1v) is 7.88. The van der Waals surface area contributed by atoms with Gasteiger partial charge < -0.3 is 10.6 Å². The van der Waals surface area contributed by atoms with Crippen LogP contribution in [0.5, 0.6) is 0 Å². The van der Waals surface area contributed by atoms with E-state index in [1.165, 1.54) is 0 Å². The van der Waals surface area contributed by atoms with Crippen LogP contribution >= 0.6 is 11.8 Å². The molecule has 0 bridgehead atoms. The standard InChI is InChI=1S/C15H22N2OS/c1-11-12(2)19-9-8-17(11)15(18)7-6-13-4-3-5-14(16)10-13/h3-5,10-12H,6-9,16H2,1-2H3. The molecule has 2 rings (SSSR count). The minimum absolute atomic E-state index is 0.266. The number of anilines is 1. The zero-order valence-electron chi connectivity index (χ0n) is 11.6. The molecular formula is C15H22N2OS. The summed E-state index contributed by atoms with van der Waals surface area (Å²) in [7, 11) is 0. The van der Waals surface area contributed by atoms with Gasteiger partial charge >= 0.3 is 0 Å². The lowest BCUT2D eigenvalue weighted by Crippen LogP contribution is -2.48. The Morgan fingerprint density at radius 3 is 3.00 bits per heavy atom. The molecule has 2 N–H and O–H groups in total. The summed E-state index contributed by atoms with van der Waals surface area (Å²) < 4.78 is 0. The number of nitrogen functional groups attached to an aromatic ring is 1. The van der Waals surface area contributed by atoms with E-state index in [-0.39, 0.29) is 5.91 Å². The molecule has 0 radical (unpaired) electrons. The lowest BCUT2D eigenvalue weighted by molar-refractivity contribution is -0.133. The van der Waals surface area contributed by atoms with Crippen molar-refractivity contribution < 1.29 is 4.79 Å². The number of nitrogens with zero attached hydrogens (tertiary/aromatic N) is 1. The van der Waals surface area contributed by atoms with Crippen molar-refractivity contribution >= 4 is 23.4 Å². The van der Waals surface area contributed by atoms with Gasteiger partial charge in [0.25, 0.3) is 0 Å². The molecule has 0 aromatic heterocycles. The highest BCUT2D eigenvalue weighted by Crippen LogP contribution is 2.25. The molecule has 4 heteroatoms. The quantitative estimate of drug-likeness (QED) is 0.864. The van der Waals surface area contributed by atoms with Crippen LogP contribution in [0.2, 0.25) is 0 Å². The van der Waals surface area contributed by atoms with E-state index in [9.17, 15) is 4.79 Å². The summed E-state index contributed by atoms with van der Waals surface area (Å²) in [6.07, 6.45) is 1.35. The zero-order chi connectivity index (χ0) is 13.8. The van der Waals surface area contributed by atoms with Gasteiger partial charge in [-0.25, -0.2) is 0 Å². The largest absolute Gasteiger partial charge is 0.399 e. The Morgan fingerprint density at radius 1 is 1.47 bits per heavy atom. The van der Waals surface area contributed by atoms with Gasteiger partial charge in [-0.1, -0.05) is 19.1 Å². The Balaban J connectivity index is 1.90. The Labute approximate surface area is 119 Å². The van der Waals surface area contributed by atoms with Crippen LogP contribution in [0.25, 0.3) is 0 Å². The zero-order valence-corrected chi connectivity index (χ0v) is 12.5. The molecule has 0 spiro atoms. The van der Waals surface area contributed by atoms with Crippen LogP contribution in [0, 0.1) is 0 Å². The van der Waals surface area contributed by atoms with Crippen molar-refractivity contribution in [2.45, 2.75) is 38.0 Å². The maximum Gasteiger partial charge on any atom is 0.223 e. The molecule has 3 nitrogen and oxygen atoms in total. The highest BCUT2D eigenvalue weighted by atomic mass is 32.2. The van der Waals surface area contributed by atoms with E-state index < -0.39 is 0 Å². The monoisotopic (exact) mass is 278 g/mol. The number of hydrogen-bond donors (Lipinski definition) is 1. The molecule has 1 aromatic carbocycles. The third-order valence-corrected chi connectivity index (χ3v) is 5.12. The number of benzene rings is 1. The van der Waals surface area contributed by atoms with E-state index in [0.717, 1.165) is 30.0 Å². The highest BCUT2D eigenvalue weighted by Gasteiger charge is 2.28. The van der Waals surface area contributed by atoms with Gasteiger partial charge in [-0.2, -0.15) is 11.8 Å². The molecule has 104 valence electrons. The van der Waals surface area contributed by atoms with Gasteiger partial charge in [-0.3, -0.25) is 4.79 Å². The Bertz CT molecular complexity index is 450. The van der Waals surface area contributed by atoms with Crippen molar-refractivity contribution in [1.82, 2.24) is 4.90 Å². The summed E-state index contributed by atoms with van der Waals surface area (Å²) in [5, 5.41) is 0.532. The van der Waals surface area contributed by atoms with Crippen molar-refractivity contribution in [3.63, 3.8) is 0 Å². The first-order chi connectivity index (χ1) is 9.08. The average Bonchev–Trinajstić information content (AvgIpc) is 2.39. The third-order valence-electron chi connectivity index (χ3n) is 3.78. The second-order valence-electron chi connectivity index (χ2n) is 5.15. The van der Waals surface area contributed by atoms with Crippen LogP contribution in [0.4, 0.5) is 5.69 Å². The topological polar surface area (TPSA) is 46.3 Å².